The second kappa shape index (κ2) is 16.7. The van der Waals surface area contributed by atoms with Crippen molar-refractivity contribution in [3.8, 4) is 22.2 Å². The van der Waals surface area contributed by atoms with Gasteiger partial charge in [-0.15, -0.1) is 16.4 Å². The molecule has 5 atom stereocenters. The van der Waals surface area contributed by atoms with Gasteiger partial charge in [-0.25, -0.2) is 18.4 Å². The fourth-order valence-electron chi connectivity index (χ4n) is 8.28. The molecule has 8 rings (SSSR count). The Hall–Kier alpha value is -5.43. The number of hydrogen-bond donors (Lipinski definition) is 3. The smallest absolute Gasteiger partial charge is 0.274 e. The lowest BCUT2D eigenvalue weighted by molar-refractivity contribution is -0.141. The first-order valence-corrected chi connectivity index (χ1v) is 23.5. The number of nitrogens with zero attached hydrogens (tertiary/aromatic N) is 6. The second-order valence-electron chi connectivity index (χ2n) is 17.5. The number of thiazole rings is 1. The number of ether oxygens (including phenoxy) is 2. The van der Waals surface area contributed by atoms with Gasteiger partial charge in [0.05, 0.1) is 35.8 Å². The standard InChI is InChI=1S/C43H53N9O8S2/c1-24(2)32-23-61-39(47-32)30-19-35(28-14-15-34(59-6)25(3)36(28)45-30)60-27-18-33-38(54)48-43(41(56)50-62(57,58)42(4)16-17-42)20-26(43)12-10-8-7-9-11-13-29(40(55)52(33)22-27)46-37(53)31-21-44-51(5)49-31/h10,12,14-15,19,21,23-24,26-27,29,33H,7-9,11,13,16-18,20,22H2,1-6H3,(H,46,53)(H,48,54)(H,50,56)/b12-10-/t26-,27-,29+,33+,43-/m1/s1. The number of pyridine rings is 1. The molecule has 0 unspecified atom stereocenters. The van der Waals surface area contributed by atoms with Crippen molar-refractivity contribution in [1.29, 1.82) is 0 Å². The summed E-state index contributed by atoms with van der Waals surface area (Å²) in [5.41, 5.74) is 1.44. The quantitative estimate of drug-likeness (QED) is 0.188. The van der Waals surface area contributed by atoms with E-state index < -0.39 is 68.0 Å². The van der Waals surface area contributed by atoms with E-state index in [1.165, 1.54) is 27.2 Å². The topological polar surface area (TPSA) is 217 Å². The highest BCUT2D eigenvalue weighted by Gasteiger charge is 2.63. The van der Waals surface area contributed by atoms with Crippen molar-refractivity contribution in [2.45, 2.75) is 120 Å². The number of carbonyl (C=O) groups excluding carboxylic acids is 4. The maximum absolute atomic E-state index is 14.8. The third-order valence-electron chi connectivity index (χ3n) is 12.6. The van der Waals surface area contributed by atoms with Crippen molar-refractivity contribution in [1.82, 2.24) is 45.2 Å². The van der Waals surface area contributed by atoms with Crippen molar-refractivity contribution >= 4 is 55.9 Å². The van der Waals surface area contributed by atoms with Crippen LogP contribution in [0.5, 0.6) is 11.5 Å². The number of rotatable bonds is 10. The van der Waals surface area contributed by atoms with Crippen LogP contribution in [0, 0.1) is 12.8 Å². The number of amides is 4. The average Bonchev–Trinajstić information content (AvgIpc) is 3.86. The molecule has 1 saturated heterocycles. The van der Waals surface area contributed by atoms with Gasteiger partial charge >= 0.3 is 0 Å². The van der Waals surface area contributed by atoms with Crippen LogP contribution in [0.1, 0.15) is 106 Å². The minimum absolute atomic E-state index is 0.0278. The van der Waals surface area contributed by atoms with Gasteiger partial charge in [0.15, 0.2) is 5.69 Å². The molecule has 2 aliphatic carbocycles. The van der Waals surface area contributed by atoms with E-state index in [1.807, 2.05) is 42.7 Å². The van der Waals surface area contributed by atoms with E-state index in [9.17, 15) is 27.6 Å². The molecule has 2 saturated carbocycles. The van der Waals surface area contributed by atoms with Crippen LogP contribution in [-0.4, -0.2) is 104 Å². The predicted octanol–water partition coefficient (Wildman–Crippen LogP) is 4.47. The Labute approximate surface area is 364 Å². The van der Waals surface area contributed by atoms with Crippen LogP contribution in [0.15, 0.2) is 41.9 Å². The van der Waals surface area contributed by atoms with Crippen molar-refractivity contribution < 1.29 is 37.1 Å². The van der Waals surface area contributed by atoms with Crippen LogP contribution in [0.2, 0.25) is 0 Å². The molecule has 2 aliphatic heterocycles. The van der Waals surface area contributed by atoms with E-state index in [4.69, 9.17) is 19.4 Å². The van der Waals surface area contributed by atoms with Crippen LogP contribution >= 0.6 is 11.3 Å². The molecule has 3 aromatic heterocycles. The number of sulfonamides is 1. The minimum atomic E-state index is -4.02. The van der Waals surface area contributed by atoms with Crippen molar-refractivity contribution in [2.75, 3.05) is 13.7 Å². The van der Waals surface area contributed by atoms with Crippen LogP contribution in [0.4, 0.5) is 0 Å². The molecular formula is C43H53N9O8S2. The zero-order valence-electron chi connectivity index (χ0n) is 35.8. The zero-order chi connectivity index (χ0) is 44.1. The Morgan fingerprint density at radius 2 is 1.89 bits per heavy atom. The van der Waals surface area contributed by atoms with Gasteiger partial charge in [0, 0.05) is 41.8 Å². The van der Waals surface area contributed by atoms with Crippen LogP contribution in [0.3, 0.4) is 0 Å². The molecule has 4 aromatic rings. The number of benzene rings is 1. The number of fused-ring (bicyclic) bond motifs is 3. The first-order chi connectivity index (χ1) is 29.5. The molecular weight excluding hydrogens is 835 g/mol. The largest absolute Gasteiger partial charge is 0.496 e. The van der Waals surface area contributed by atoms with E-state index in [0.717, 1.165) is 24.1 Å². The van der Waals surface area contributed by atoms with E-state index in [2.05, 4.69) is 39.4 Å². The second-order valence-corrected chi connectivity index (χ2v) is 20.5. The number of nitrogens with one attached hydrogen (secondary N) is 3. The van der Waals surface area contributed by atoms with Crippen LogP contribution in [0.25, 0.3) is 21.6 Å². The number of hydrogen-bond acceptors (Lipinski definition) is 13. The highest BCUT2D eigenvalue weighted by atomic mass is 32.2. The first-order valence-electron chi connectivity index (χ1n) is 21.2. The number of allylic oxidation sites excluding steroid dienone is 1. The molecule has 0 spiro atoms. The fourth-order valence-corrected chi connectivity index (χ4v) is 10.5. The summed E-state index contributed by atoms with van der Waals surface area (Å²) in [7, 11) is -0.844. The summed E-state index contributed by atoms with van der Waals surface area (Å²) in [5.74, 6) is -1.67. The summed E-state index contributed by atoms with van der Waals surface area (Å²) in [6.07, 6.45) is 8.57. The molecule has 3 fully saturated rings. The Bertz CT molecular complexity index is 2570. The third-order valence-corrected chi connectivity index (χ3v) is 15.6. The fraction of sp³-hybridized carbons (Fsp3) is 0.535. The molecule has 19 heteroatoms. The molecule has 0 bridgehead atoms. The van der Waals surface area contributed by atoms with Crippen molar-refractivity contribution in [3.63, 3.8) is 0 Å². The predicted molar refractivity (Wildman–Crippen MR) is 231 cm³/mol. The Balaban J connectivity index is 1.15. The molecule has 3 N–H and O–H groups in total. The Morgan fingerprint density at radius 1 is 1.10 bits per heavy atom. The maximum atomic E-state index is 14.8. The van der Waals surface area contributed by atoms with Gasteiger partial charge < -0.3 is 25.0 Å². The molecule has 1 aromatic carbocycles. The Morgan fingerprint density at radius 3 is 2.58 bits per heavy atom. The molecule has 0 radical (unpaired) electrons. The highest BCUT2D eigenvalue weighted by molar-refractivity contribution is 7.91. The monoisotopic (exact) mass is 887 g/mol. The molecule has 330 valence electrons. The minimum Gasteiger partial charge on any atom is -0.496 e. The average molecular weight is 888 g/mol. The summed E-state index contributed by atoms with van der Waals surface area (Å²) in [5, 5.41) is 17.3. The van der Waals surface area contributed by atoms with Gasteiger partial charge in [-0.2, -0.15) is 9.90 Å². The summed E-state index contributed by atoms with van der Waals surface area (Å²) in [6, 6.07) is 3.33. The van der Waals surface area contributed by atoms with E-state index in [-0.39, 0.29) is 31.0 Å². The summed E-state index contributed by atoms with van der Waals surface area (Å²) < 4.78 is 40.3. The summed E-state index contributed by atoms with van der Waals surface area (Å²) in [6.45, 7) is 7.61. The summed E-state index contributed by atoms with van der Waals surface area (Å²) in [4.78, 5) is 69.6. The third kappa shape index (κ3) is 8.40. The van der Waals surface area contributed by atoms with E-state index in [1.54, 1.807) is 21.1 Å². The highest BCUT2D eigenvalue weighted by Crippen LogP contribution is 2.48. The van der Waals surface area contributed by atoms with Crippen molar-refractivity contribution in [2.24, 2.45) is 13.0 Å². The maximum Gasteiger partial charge on any atom is 0.274 e. The molecule has 5 heterocycles. The summed E-state index contributed by atoms with van der Waals surface area (Å²) >= 11 is 1.47. The number of methoxy groups -OCH3 is 1. The zero-order valence-corrected chi connectivity index (χ0v) is 37.4. The lowest BCUT2D eigenvalue weighted by Crippen LogP contribution is -2.58. The molecule has 4 aliphatic rings. The van der Waals surface area contributed by atoms with Gasteiger partial charge in [0.2, 0.25) is 21.8 Å². The van der Waals surface area contributed by atoms with Gasteiger partial charge in [0.1, 0.15) is 45.9 Å². The van der Waals surface area contributed by atoms with Gasteiger partial charge in [-0.3, -0.25) is 23.9 Å². The normalized spacial score (nSPS) is 25.5. The van der Waals surface area contributed by atoms with Gasteiger partial charge in [-0.1, -0.05) is 38.8 Å². The SMILES string of the molecule is COc1ccc2c(O[C@@H]3C[C@H]4C(=O)N[C@]5(C(=O)NS(=O)(=O)C6(C)CC6)C[C@H]5/C=C\CCCCC[C@H](NC(=O)c5cnn(C)n5)C(=O)N4C3)cc(-c3nc(C(C)C)cs3)nc2c1C. The number of aryl methyl sites for hydroxylation is 2. The van der Waals surface area contributed by atoms with E-state index in [0.29, 0.717) is 65.2 Å². The number of carbonyl (C=O) groups is 4. The van der Waals surface area contributed by atoms with Gasteiger partial charge in [-0.05, 0) is 70.4 Å². The first kappa shape index (κ1) is 43.2. The Kier molecular flexibility index (Phi) is 11.6. The van der Waals surface area contributed by atoms with Crippen LogP contribution < -0.4 is 24.8 Å². The van der Waals surface area contributed by atoms with Crippen molar-refractivity contribution in [3.05, 3.63) is 58.9 Å². The van der Waals surface area contributed by atoms with E-state index >= 15 is 0 Å². The number of aromatic nitrogens is 5. The van der Waals surface area contributed by atoms with Gasteiger partial charge in [0.25, 0.3) is 11.8 Å². The lowest BCUT2D eigenvalue weighted by Gasteiger charge is -2.30. The molecule has 17 nitrogen and oxygen atoms in total. The van der Waals surface area contributed by atoms with Crippen LogP contribution in [-0.2, 0) is 31.5 Å². The lowest BCUT2D eigenvalue weighted by atomic mass is 10.0. The molecule has 62 heavy (non-hydrogen) atoms. The molecule has 4 amide bonds.